The van der Waals surface area contributed by atoms with Crippen molar-refractivity contribution in [1.82, 2.24) is 10.1 Å². The lowest BCUT2D eigenvalue weighted by atomic mass is 9.96. The predicted molar refractivity (Wildman–Crippen MR) is 106 cm³/mol. The number of hydrogen-bond acceptors (Lipinski definition) is 6. The third kappa shape index (κ3) is 4.26. The molecule has 3 aromatic rings. The van der Waals surface area contributed by atoms with E-state index < -0.39 is 0 Å². The van der Waals surface area contributed by atoms with Crippen LogP contribution < -0.4 is 10.1 Å². The van der Waals surface area contributed by atoms with E-state index in [0.29, 0.717) is 17.3 Å². The molecule has 0 unspecified atom stereocenters. The zero-order valence-corrected chi connectivity index (χ0v) is 16.5. The zero-order valence-electron chi connectivity index (χ0n) is 16.5. The number of anilines is 1. The van der Waals surface area contributed by atoms with Gasteiger partial charge in [0.25, 0.3) is 5.91 Å². The van der Waals surface area contributed by atoms with E-state index in [0.717, 1.165) is 42.4 Å². The van der Waals surface area contributed by atoms with Gasteiger partial charge < -0.3 is 23.9 Å². The van der Waals surface area contributed by atoms with Crippen LogP contribution >= 0.6 is 0 Å². The normalized spacial score (nSPS) is 13.2. The highest BCUT2D eigenvalue weighted by molar-refractivity contribution is 5.94. The Kier molecular flexibility index (Phi) is 5.24. The summed E-state index contributed by atoms with van der Waals surface area (Å²) in [6.45, 7) is 1.47. The van der Waals surface area contributed by atoms with Crippen molar-refractivity contribution in [2.75, 3.05) is 25.5 Å². The fourth-order valence-electron chi connectivity index (χ4n) is 3.50. The number of ether oxygens (including phenoxy) is 1. The molecular weight excluding hydrogens is 374 g/mol. The fraction of sp³-hybridized carbons (Fsp3) is 0.381. The van der Waals surface area contributed by atoms with Gasteiger partial charge in [-0.05, 0) is 44.4 Å². The molecule has 1 aliphatic carbocycles. The molecule has 1 N–H and O–H groups in total. The monoisotopic (exact) mass is 397 g/mol. The lowest BCUT2D eigenvalue weighted by Gasteiger charge is -2.16. The molecule has 0 saturated carbocycles. The smallest absolute Gasteiger partial charge is 0.260 e. The number of fused-ring (bicyclic) bond motifs is 3. The minimum Gasteiger partial charge on any atom is -0.484 e. The van der Waals surface area contributed by atoms with Crippen LogP contribution in [0.15, 0.2) is 33.2 Å². The Morgan fingerprint density at radius 1 is 1.24 bits per heavy atom. The van der Waals surface area contributed by atoms with Crippen molar-refractivity contribution in [3.63, 3.8) is 0 Å². The van der Waals surface area contributed by atoms with Crippen LogP contribution in [0.5, 0.6) is 5.75 Å². The van der Waals surface area contributed by atoms with Gasteiger partial charge in [-0.2, -0.15) is 0 Å². The maximum absolute atomic E-state index is 12.3. The van der Waals surface area contributed by atoms with Gasteiger partial charge in [-0.15, -0.1) is 0 Å². The van der Waals surface area contributed by atoms with Gasteiger partial charge >= 0.3 is 0 Å². The summed E-state index contributed by atoms with van der Waals surface area (Å²) in [6.07, 6.45) is 4.29. The molecule has 0 aliphatic heterocycles. The second kappa shape index (κ2) is 7.98. The van der Waals surface area contributed by atoms with E-state index in [2.05, 4.69) is 10.5 Å². The van der Waals surface area contributed by atoms with Gasteiger partial charge in [-0.3, -0.25) is 9.59 Å². The molecule has 1 aliphatic rings. The van der Waals surface area contributed by atoms with Gasteiger partial charge in [-0.1, -0.05) is 5.16 Å². The van der Waals surface area contributed by atoms with Crippen LogP contribution in [-0.2, 0) is 22.4 Å². The molecule has 152 valence electrons. The van der Waals surface area contributed by atoms with Crippen molar-refractivity contribution in [2.24, 2.45) is 0 Å². The molecular formula is C21H23N3O5. The first-order chi connectivity index (χ1) is 14.0. The third-order valence-electron chi connectivity index (χ3n) is 4.99. The first kappa shape index (κ1) is 19.0. The van der Waals surface area contributed by atoms with Crippen molar-refractivity contribution in [2.45, 2.75) is 32.6 Å². The Bertz CT molecular complexity index is 1050. The summed E-state index contributed by atoms with van der Waals surface area (Å²) in [6, 6.07) is 7.21. The number of rotatable bonds is 6. The summed E-state index contributed by atoms with van der Waals surface area (Å²) >= 11 is 0. The van der Waals surface area contributed by atoms with E-state index in [-0.39, 0.29) is 25.0 Å². The molecule has 0 atom stereocenters. The molecule has 29 heavy (non-hydrogen) atoms. The van der Waals surface area contributed by atoms with Crippen molar-refractivity contribution in [1.29, 1.82) is 0 Å². The molecule has 8 heteroatoms. The van der Waals surface area contributed by atoms with Crippen LogP contribution in [0.3, 0.4) is 0 Å². The molecule has 2 heterocycles. The number of furan rings is 1. The van der Waals surface area contributed by atoms with Crippen LogP contribution in [0, 0.1) is 6.92 Å². The zero-order chi connectivity index (χ0) is 20.4. The molecule has 4 rings (SSSR count). The number of hydrogen-bond donors (Lipinski definition) is 1. The van der Waals surface area contributed by atoms with E-state index >= 15 is 0 Å². The summed E-state index contributed by atoms with van der Waals surface area (Å²) in [5, 5.41) is 7.33. The second-order valence-corrected chi connectivity index (χ2v) is 7.28. The van der Waals surface area contributed by atoms with Gasteiger partial charge in [0.05, 0.1) is 6.54 Å². The molecule has 0 saturated heterocycles. The largest absolute Gasteiger partial charge is 0.484 e. The van der Waals surface area contributed by atoms with E-state index in [9.17, 15) is 9.59 Å². The Labute approximate surface area is 167 Å². The van der Waals surface area contributed by atoms with Gasteiger partial charge in [0.1, 0.15) is 22.9 Å². The van der Waals surface area contributed by atoms with Crippen molar-refractivity contribution < 1.29 is 23.3 Å². The summed E-state index contributed by atoms with van der Waals surface area (Å²) in [5.41, 5.74) is 2.10. The standard InChI is InChI=1S/C21H23N3O5/c1-13-9-19(23-29-13)22-20(25)11-24(2)21(26)12-27-14-7-8-18-16(10-14)15-5-3-4-6-17(15)28-18/h7-10H,3-6,11-12H2,1-2H3,(H,22,23,25). The molecule has 0 spiro atoms. The van der Waals surface area contributed by atoms with E-state index in [1.54, 1.807) is 26.1 Å². The SMILES string of the molecule is Cc1cc(NC(=O)CN(C)C(=O)COc2ccc3oc4c(c3c2)CCCC4)no1. The van der Waals surface area contributed by atoms with E-state index in [4.69, 9.17) is 13.7 Å². The van der Waals surface area contributed by atoms with Crippen molar-refractivity contribution >= 4 is 28.6 Å². The molecule has 1 aromatic carbocycles. The van der Waals surface area contributed by atoms with Gasteiger partial charge in [0, 0.05) is 30.5 Å². The number of amides is 2. The maximum Gasteiger partial charge on any atom is 0.260 e. The predicted octanol–water partition coefficient (Wildman–Crippen LogP) is 3.08. The van der Waals surface area contributed by atoms with Crippen LogP contribution in [0.25, 0.3) is 11.0 Å². The van der Waals surface area contributed by atoms with Gasteiger partial charge in [0.15, 0.2) is 12.4 Å². The number of carbonyl (C=O) groups excluding carboxylic acids is 2. The molecule has 2 aromatic heterocycles. The summed E-state index contributed by atoms with van der Waals surface area (Å²) in [5.74, 6) is 1.92. The fourth-order valence-corrected chi connectivity index (χ4v) is 3.50. The lowest BCUT2D eigenvalue weighted by molar-refractivity contribution is -0.135. The molecule has 0 radical (unpaired) electrons. The lowest BCUT2D eigenvalue weighted by Crippen LogP contribution is -2.37. The third-order valence-corrected chi connectivity index (χ3v) is 4.99. The van der Waals surface area contributed by atoms with E-state index in [1.807, 2.05) is 12.1 Å². The number of likely N-dealkylation sites (N-methyl/N-ethyl adjacent to an activating group) is 1. The van der Waals surface area contributed by atoms with E-state index in [1.165, 1.54) is 10.5 Å². The van der Waals surface area contributed by atoms with Crippen molar-refractivity contribution in [3.8, 4) is 5.75 Å². The minimum absolute atomic E-state index is 0.109. The average molecular weight is 397 g/mol. The van der Waals surface area contributed by atoms with Crippen LogP contribution in [0.4, 0.5) is 5.82 Å². The summed E-state index contributed by atoms with van der Waals surface area (Å²) in [7, 11) is 1.55. The number of benzene rings is 1. The highest BCUT2D eigenvalue weighted by Crippen LogP contribution is 2.33. The van der Waals surface area contributed by atoms with Gasteiger partial charge in [-0.25, -0.2) is 0 Å². The molecule has 0 fully saturated rings. The summed E-state index contributed by atoms with van der Waals surface area (Å²) < 4.78 is 16.5. The van der Waals surface area contributed by atoms with Crippen LogP contribution in [0.2, 0.25) is 0 Å². The van der Waals surface area contributed by atoms with Crippen LogP contribution in [-0.4, -0.2) is 42.1 Å². The first-order valence-corrected chi connectivity index (χ1v) is 9.64. The van der Waals surface area contributed by atoms with Gasteiger partial charge in [0.2, 0.25) is 5.91 Å². The van der Waals surface area contributed by atoms with Crippen LogP contribution in [0.1, 0.15) is 29.9 Å². The average Bonchev–Trinajstić information content (AvgIpc) is 3.28. The minimum atomic E-state index is -0.361. The summed E-state index contributed by atoms with van der Waals surface area (Å²) in [4.78, 5) is 25.7. The molecule has 0 bridgehead atoms. The number of carbonyl (C=O) groups is 2. The highest BCUT2D eigenvalue weighted by atomic mass is 16.5. The second-order valence-electron chi connectivity index (χ2n) is 7.28. The Balaban J connectivity index is 1.33. The molecule has 2 amide bonds. The Morgan fingerprint density at radius 2 is 2.07 bits per heavy atom. The topological polar surface area (TPSA) is 97.8 Å². The number of nitrogens with one attached hydrogen (secondary N) is 1. The number of nitrogens with zero attached hydrogens (tertiary/aromatic N) is 2. The number of aromatic nitrogens is 1. The Hall–Kier alpha value is -3.29. The first-order valence-electron chi connectivity index (χ1n) is 9.64. The van der Waals surface area contributed by atoms with Crippen molar-refractivity contribution in [3.05, 3.63) is 41.3 Å². The quantitative estimate of drug-likeness (QED) is 0.686. The number of aryl methyl sites for hydroxylation is 3. The Morgan fingerprint density at radius 3 is 2.86 bits per heavy atom. The maximum atomic E-state index is 12.3. The highest BCUT2D eigenvalue weighted by Gasteiger charge is 2.19. The molecule has 8 nitrogen and oxygen atoms in total.